The number of aromatic nitrogens is 4. The van der Waals surface area contributed by atoms with Crippen LogP contribution in [0, 0.1) is 0 Å². The highest BCUT2D eigenvalue weighted by atomic mass is 32.2. The maximum absolute atomic E-state index is 11.4. The van der Waals surface area contributed by atoms with Crippen molar-refractivity contribution in [3.05, 3.63) is 21.6 Å². The van der Waals surface area contributed by atoms with Gasteiger partial charge in [-0.1, -0.05) is 18.7 Å². The monoisotopic (exact) mass is 271 g/mol. The molecule has 0 aromatic carbocycles. The Kier molecular flexibility index (Phi) is 3.85. The van der Waals surface area contributed by atoms with Crippen LogP contribution in [0.2, 0.25) is 0 Å². The zero-order chi connectivity index (χ0) is 12.3. The molecule has 0 aliphatic rings. The summed E-state index contributed by atoms with van der Waals surface area (Å²) >= 11 is 2.90. The quantitative estimate of drug-likeness (QED) is 0.800. The molecule has 0 aliphatic heterocycles. The van der Waals surface area contributed by atoms with Gasteiger partial charge in [-0.15, -0.1) is 16.4 Å². The molecule has 0 saturated carbocycles. The lowest BCUT2D eigenvalue weighted by Crippen LogP contribution is -2.17. The molecule has 2 aromatic rings. The van der Waals surface area contributed by atoms with Crippen molar-refractivity contribution in [2.24, 2.45) is 0 Å². The van der Waals surface area contributed by atoms with E-state index in [1.807, 2.05) is 12.3 Å². The van der Waals surface area contributed by atoms with E-state index in [-0.39, 0.29) is 5.69 Å². The summed E-state index contributed by atoms with van der Waals surface area (Å²) in [6, 6.07) is 0. The zero-order valence-corrected chi connectivity index (χ0v) is 11.0. The molecule has 2 rings (SSSR count). The van der Waals surface area contributed by atoms with E-state index in [1.54, 1.807) is 4.57 Å². The van der Waals surface area contributed by atoms with Gasteiger partial charge in [0, 0.05) is 17.7 Å². The normalized spacial score (nSPS) is 10.9. The minimum absolute atomic E-state index is 0.160. The van der Waals surface area contributed by atoms with Crippen LogP contribution in [0.15, 0.2) is 15.3 Å². The van der Waals surface area contributed by atoms with Crippen molar-refractivity contribution in [2.45, 2.75) is 30.8 Å². The number of nitrogens with two attached hydrogens (primary N) is 1. The Hall–Kier alpha value is -1.28. The van der Waals surface area contributed by atoms with Crippen LogP contribution in [-0.2, 0) is 12.3 Å². The van der Waals surface area contributed by atoms with Crippen molar-refractivity contribution >= 4 is 28.2 Å². The van der Waals surface area contributed by atoms with Crippen LogP contribution in [-0.4, -0.2) is 19.7 Å². The first-order valence-electron chi connectivity index (χ1n) is 5.18. The molecule has 17 heavy (non-hydrogen) atoms. The molecular formula is C9H13N5OS2. The number of hydrogen-bond acceptors (Lipinski definition) is 6. The highest BCUT2D eigenvalue weighted by Crippen LogP contribution is 2.21. The van der Waals surface area contributed by atoms with Gasteiger partial charge in [-0.05, 0) is 6.42 Å². The second-order valence-electron chi connectivity index (χ2n) is 3.43. The Morgan fingerprint density at radius 3 is 3.12 bits per heavy atom. The standard InChI is InChI=1S/C9H13N5OS2/c1-2-3-14-8(15)12-13-9(14)17-5-6-4-16-7(10)11-6/h4H,2-3,5H2,1H3,(H2,10,11)(H,12,15). The third-order valence-corrected chi connectivity index (χ3v) is 3.82. The number of nitrogen functional groups attached to an aromatic ring is 1. The lowest BCUT2D eigenvalue weighted by atomic mass is 10.5. The van der Waals surface area contributed by atoms with Crippen molar-refractivity contribution in [1.29, 1.82) is 0 Å². The molecule has 0 atom stereocenters. The molecule has 0 amide bonds. The molecule has 0 unspecified atom stereocenters. The van der Waals surface area contributed by atoms with Crippen LogP contribution in [0.1, 0.15) is 19.0 Å². The van der Waals surface area contributed by atoms with Gasteiger partial charge in [-0.25, -0.2) is 14.9 Å². The largest absolute Gasteiger partial charge is 0.375 e. The van der Waals surface area contributed by atoms with Gasteiger partial charge in [0.1, 0.15) is 0 Å². The molecule has 8 heteroatoms. The zero-order valence-electron chi connectivity index (χ0n) is 9.34. The number of anilines is 1. The van der Waals surface area contributed by atoms with Crippen LogP contribution in [0.3, 0.4) is 0 Å². The van der Waals surface area contributed by atoms with Crippen LogP contribution in [0.25, 0.3) is 0 Å². The first kappa shape index (κ1) is 12.2. The third kappa shape index (κ3) is 2.89. The SMILES string of the molecule is CCCn1c(SCc2csc(N)n2)n[nH]c1=O. The highest BCUT2D eigenvalue weighted by molar-refractivity contribution is 7.98. The van der Waals surface area contributed by atoms with E-state index < -0.39 is 0 Å². The van der Waals surface area contributed by atoms with Crippen molar-refractivity contribution in [2.75, 3.05) is 5.73 Å². The summed E-state index contributed by atoms with van der Waals surface area (Å²) in [6.45, 7) is 2.70. The predicted octanol–water partition coefficient (Wildman–Crippen LogP) is 1.31. The second kappa shape index (κ2) is 5.37. The first-order chi connectivity index (χ1) is 8.20. The maximum atomic E-state index is 11.4. The molecule has 3 N–H and O–H groups in total. The minimum atomic E-state index is -0.160. The Morgan fingerprint density at radius 1 is 1.65 bits per heavy atom. The molecule has 0 aliphatic carbocycles. The number of H-pyrrole nitrogens is 1. The van der Waals surface area contributed by atoms with Crippen molar-refractivity contribution in [1.82, 2.24) is 19.7 Å². The van der Waals surface area contributed by atoms with Crippen LogP contribution in [0.4, 0.5) is 5.13 Å². The number of nitrogens with zero attached hydrogens (tertiary/aromatic N) is 3. The van der Waals surface area contributed by atoms with Crippen LogP contribution < -0.4 is 11.4 Å². The van der Waals surface area contributed by atoms with Gasteiger partial charge < -0.3 is 5.73 Å². The third-order valence-electron chi connectivity index (χ3n) is 2.09. The van der Waals surface area contributed by atoms with Crippen molar-refractivity contribution < 1.29 is 0 Å². The molecule has 2 heterocycles. The fraction of sp³-hybridized carbons (Fsp3) is 0.444. The Labute approximate surface area is 106 Å². The van der Waals surface area contributed by atoms with Gasteiger partial charge in [-0.2, -0.15) is 0 Å². The molecule has 0 bridgehead atoms. The average molecular weight is 271 g/mol. The van der Waals surface area contributed by atoms with E-state index in [0.717, 1.165) is 12.1 Å². The smallest absolute Gasteiger partial charge is 0.343 e. The van der Waals surface area contributed by atoms with Crippen molar-refractivity contribution in [3.63, 3.8) is 0 Å². The van der Waals surface area contributed by atoms with Gasteiger partial charge in [0.25, 0.3) is 0 Å². The maximum Gasteiger partial charge on any atom is 0.343 e. The molecule has 0 radical (unpaired) electrons. The fourth-order valence-electron chi connectivity index (χ4n) is 1.36. The van der Waals surface area contributed by atoms with Gasteiger partial charge in [-0.3, -0.25) is 4.57 Å². The minimum Gasteiger partial charge on any atom is -0.375 e. The van der Waals surface area contributed by atoms with Crippen molar-refractivity contribution in [3.8, 4) is 0 Å². The topological polar surface area (TPSA) is 89.6 Å². The molecule has 6 nitrogen and oxygen atoms in total. The number of hydrogen-bond donors (Lipinski definition) is 2. The average Bonchev–Trinajstić information content (AvgIpc) is 2.86. The number of thiazole rings is 1. The van der Waals surface area contributed by atoms with E-state index in [4.69, 9.17) is 5.73 Å². The van der Waals surface area contributed by atoms with E-state index in [9.17, 15) is 4.79 Å². The highest BCUT2D eigenvalue weighted by Gasteiger charge is 2.09. The summed E-state index contributed by atoms with van der Waals surface area (Å²) in [5, 5.41) is 9.62. The summed E-state index contributed by atoms with van der Waals surface area (Å²) in [6.07, 6.45) is 0.899. The van der Waals surface area contributed by atoms with E-state index >= 15 is 0 Å². The Morgan fingerprint density at radius 2 is 2.47 bits per heavy atom. The molecular weight excluding hydrogens is 258 g/mol. The van der Waals surface area contributed by atoms with Gasteiger partial charge in [0.15, 0.2) is 10.3 Å². The molecule has 0 saturated heterocycles. The summed E-state index contributed by atoms with van der Waals surface area (Å²) in [5.74, 6) is 0.668. The van der Waals surface area contributed by atoms with E-state index in [0.29, 0.717) is 22.6 Å². The Balaban J connectivity index is 2.06. The lowest BCUT2D eigenvalue weighted by molar-refractivity contribution is 0.604. The van der Waals surface area contributed by atoms with E-state index in [2.05, 4.69) is 15.2 Å². The summed E-state index contributed by atoms with van der Waals surface area (Å²) in [5.41, 5.74) is 6.30. The lowest BCUT2D eigenvalue weighted by Gasteiger charge is -2.01. The second-order valence-corrected chi connectivity index (χ2v) is 5.26. The van der Waals surface area contributed by atoms with Gasteiger partial charge in [0.2, 0.25) is 0 Å². The fourth-order valence-corrected chi connectivity index (χ4v) is 2.90. The molecule has 92 valence electrons. The number of aromatic amines is 1. The predicted molar refractivity (Wildman–Crippen MR) is 69.2 cm³/mol. The summed E-state index contributed by atoms with van der Waals surface area (Å²) < 4.78 is 1.64. The molecule has 0 spiro atoms. The first-order valence-corrected chi connectivity index (χ1v) is 7.05. The van der Waals surface area contributed by atoms with Crippen LogP contribution in [0.5, 0.6) is 0 Å². The molecule has 2 aromatic heterocycles. The number of nitrogens with one attached hydrogen (secondary N) is 1. The molecule has 0 fully saturated rings. The number of rotatable bonds is 5. The van der Waals surface area contributed by atoms with E-state index in [1.165, 1.54) is 23.1 Å². The van der Waals surface area contributed by atoms with Crippen LogP contribution >= 0.6 is 23.1 Å². The summed E-state index contributed by atoms with van der Waals surface area (Å²) in [7, 11) is 0. The van der Waals surface area contributed by atoms with Gasteiger partial charge in [0.05, 0.1) is 5.69 Å². The van der Waals surface area contributed by atoms with Gasteiger partial charge >= 0.3 is 5.69 Å². The summed E-state index contributed by atoms with van der Waals surface area (Å²) in [4.78, 5) is 15.6. The number of thioether (sulfide) groups is 1. The Bertz CT molecular complexity index is 544.